The van der Waals surface area contributed by atoms with E-state index < -0.39 is 16.6 Å². The Morgan fingerprint density at radius 3 is 1.68 bits per heavy atom. The Morgan fingerprint density at radius 1 is 0.820 bits per heavy atom. The van der Waals surface area contributed by atoms with Crippen LogP contribution in [0.25, 0.3) is 0 Å². The lowest BCUT2D eigenvalue weighted by Gasteiger charge is -2.25. The summed E-state index contributed by atoms with van der Waals surface area (Å²) in [6, 6.07) is 0.560. The Morgan fingerprint density at radius 2 is 1.32 bits per heavy atom. The summed E-state index contributed by atoms with van der Waals surface area (Å²) < 4.78 is 24.4. The number of rotatable bonds is 4. The number of cyclic esters (lactones) is 2. The summed E-state index contributed by atoms with van der Waals surface area (Å²) in [6.07, 6.45) is 1.76. The van der Waals surface area contributed by atoms with E-state index in [1.54, 1.807) is 14.7 Å². The molecule has 0 spiro atoms. The quantitative estimate of drug-likeness (QED) is 0.236. The summed E-state index contributed by atoms with van der Waals surface area (Å²) >= 11 is 9.85. The summed E-state index contributed by atoms with van der Waals surface area (Å²) in [7, 11) is 0. The number of hydrogen-bond donors (Lipinski definition) is 2. The number of halogens is 3. The van der Waals surface area contributed by atoms with E-state index >= 15 is 0 Å². The molecule has 0 aromatic heterocycles. The molecule has 5 aliphatic heterocycles. The first-order chi connectivity index (χ1) is 22.9. The van der Waals surface area contributed by atoms with Crippen LogP contribution in [0.3, 0.4) is 0 Å². The number of nitrogens with zero attached hydrogens (tertiary/aromatic N) is 4. The fraction of sp³-hybridized carbons (Fsp3) is 0.839. The number of ether oxygens (including phenoxy) is 5. The number of carbonyl (C=O) groups is 5. The van der Waals surface area contributed by atoms with Crippen LogP contribution in [0.4, 0.5) is 24.0 Å². The average Bonchev–Trinajstić information content (AvgIpc) is 3.82. The van der Waals surface area contributed by atoms with Gasteiger partial charge in [-0.1, -0.05) is 0 Å². The second kappa shape index (κ2) is 21.6. The lowest BCUT2D eigenvalue weighted by atomic mass is 10.2. The van der Waals surface area contributed by atoms with Gasteiger partial charge in [0.25, 0.3) is 0 Å². The van der Waals surface area contributed by atoms with Crippen molar-refractivity contribution < 1.29 is 47.7 Å². The third-order valence-corrected chi connectivity index (χ3v) is 7.75. The van der Waals surface area contributed by atoms with Crippen molar-refractivity contribution in [2.75, 3.05) is 78.1 Å². The van der Waals surface area contributed by atoms with Gasteiger partial charge in [0.15, 0.2) is 0 Å². The maximum atomic E-state index is 11.9. The third-order valence-electron chi connectivity index (χ3n) is 7.48. The lowest BCUT2D eigenvalue weighted by Crippen LogP contribution is -2.40. The number of nitrogens with one attached hydrogen (secondary N) is 1. The van der Waals surface area contributed by atoms with Crippen molar-refractivity contribution in [2.45, 2.75) is 90.1 Å². The van der Waals surface area contributed by atoms with Crippen LogP contribution >= 0.6 is 35.6 Å². The van der Waals surface area contributed by atoms with E-state index in [0.717, 1.165) is 45.4 Å². The molecule has 3 N–H and O–H groups in total. The molecular formula is C31H55Cl3N6O10. The van der Waals surface area contributed by atoms with Crippen LogP contribution in [0.5, 0.6) is 0 Å². The van der Waals surface area contributed by atoms with E-state index in [-0.39, 0.29) is 55.5 Å². The fourth-order valence-corrected chi connectivity index (χ4v) is 5.42. The van der Waals surface area contributed by atoms with Gasteiger partial charge < -0.3 is 49.4 Å². The number of amides is 4. The number of carbonyl (C=O) groups excluding carboxylic acids is 5. The van der Waals surface area contributed by atoms with Crippen LogP contribution < -0.4 is 11.1 Å². The minimum Gasteiger partial charge on any atom is -0.452 e. The van der Waals surface area contributed by atoms with E-state index in [1.165, 1.54) is 0 Å². The van der Waals surface area contributed by atoms with Crippen molar-refractivity contribution in [1.29, 1.82) is 0 Å². The van der Waals surface area contributed by atoms with Crippen molar-refractivity contribution in [1.82, 2.24) is 24.9 Å². The minimum absolute atomic E-state index is 0. The van der Waals surface area contributed by atoms with E-state index in [9.17, 15) is 24.0 Å². The molecular weight excluding hydrogens is 723 g/mol. The van der Waals surface area contributed by atoms with Crippen LogP contribution in [0.1, 0.15) is 60.8 Å². The summed E-state index contributed by atoms with van der Waals surface area (Å²) in [5.41, 5.74) is 3.97. The summed E-state index contributed by atoms with van der Waals surface area (Å²) in [5, 5.41) is 3.22. The highest BCUT2D eigenvalue weighted by Crippen LogP contribution is 2.21. The van der Waals surface area contributed by atoms with E-state index in [4.69, 9.17) is 47.9 Å². The monoisotopic (exact) mass is 776 g/mol. The molecule has 5 saturated heterocycles. The van der Waals surface area contributed by atoms with Crippen LogP contribution in [-0.2, 0) is 23.7 Å². The van der Waals surface area contributed by atoms with Gasteiger partial charge in [0.2, 0.25) is 0 Å². The predicted molar refractivity (Wildman–Crippen MR) is 189 cm³/mol. The smallest absolute Gasteiger partial charge is 0.410 e. The molecule has 3 atom stereocenters. The van der Waals surface area contributed by atoms with Gasteiger partial charge in [-0.3, -0.25) is 4.90 Å². The fourth-order valence-electron chi connectivity index (χ4n) is 5.27. The largest absolute Gasteiger partial charge is 0.452 e. The Kier molecular flexibility index (Phi) is 19.6. The van der Waals surface area contributed by atoms with Gasteiger partial charge in [0, 0.05) is 56.4 Å². The van der Waals surface area contributed by atoms with Gasteiger partial charge in [0.05, 0.1) is 25.0 Å². The van der Waals surface area contributed by atoms with Gasteiger partial charge in [-0.25, -0.2) is 24.0 Å². The lowest BCUT2D eigenvalue weighted by molar-refractivity contribution is 0.0277. The molecule has 16 nitrogen and oxygen atoms in total. The maximum absolute atomic E-state index is 11.9. The average molecular weight is 778 g/mol. The SMILES string of the molecule is CC(C)(C)OC(=O)N1CC[C@H](N)C1.CC(C)(C)OC(=O)N1CC[C@H](N2CCOC2=O)C1.Cl.O=C(Cl)OCCCl.O=C1OCCN1[C@H]1CCNC1. The van der Waals surface area contributed by atoms with Gasteiger partial charge >= 0.3 is 29.8 Å². The summed E-state index contributed by atoms with van der Waals surface area (Å²) in [5.74, 6) is 0.290. The molecule has 290 valence electrons. The molecule has 5 heterocycles. The second-order valence-electron chi connectivity index (χ2n) is 13.9. The number of hydrogen-bond acceptors (Lipinski definition) is 12. The van der Waals surface area contributed by atoms with Crippen molar-refractivity contribution >= 4 is 65.4 Å². The first kappa shape index (κ1) is 45.4. The van der Waals surface area contributed by atoms with Crippen LogP contribution in [-0.4, -0.2) is 157 Å². The summed E-state index contributed by atoms with van der Waals surface area (Å²) in [6.45, 7) is 18.1. The van der Waals surface area contributed by atoms with Crippen LogP contribution in [0.2, 0.25) is 0 Å². The zero-order valence-corrected chi connectivity index (χ0v) is 32.3. The van der Waals surface area contributed by atoms with Crippen molar-refractivity contribution in [2.24, 2.45) is 5.73 Å². The second-order valence-corrected chi connectivity index (χ2v) is 14.6. The molecule has 0 unspecified atom stereocenters. The molecule has 50 heavy (non-hydrogen) atoms. The Hall–Kier alpha value is -2.66. The highest BCUT2D eigenvalue weighted by molar-refractivity contribution is 6.61. The number of likely N-dealkylation sites (tertiary alicyclic amines) is 2. The highest BCUT2D eigenvalue weighted by Gasteiger charge is 2.37. The zero-order chi connectivity index (χ0) is 36.8. The molecule has 0 radical (unpaired) electrons. The number of nitrogens with two attached hydrogens (primary N) is 1. The minimum atomic E-state index is -0.805. The molecule has 5 aliphatic rings. The van der Waals surface area contributed by atoms with Gasteiger partial charge in [0.1, 0.15) is 31.0 Å². The maximum Gasteiger partial charge on any atom is 0.410 e. The van der Waals surface area contributed by atoms with Gasteiger partial charge in [-0.15, -0.1) is 24.0 Å². The predicted octanol–water partition coefficient (Wildman–Crippen LogP) is 4.23. The van der Waals surface area contributed by atoms with Gasteiger partial charge in [-0.05, 0) is 67.3 Å². The Labute approximate surface area is 311 Å². The van der Waals surface area contributed by atoms with E-state index in [2.05, 4.69) is 10.1 Å². The summed E-state index contributed by atoms with van der Waals surface area (Å²) in [4.78, 5) is 62.3. The molecule has 4 amide bonds. The van der Waals surface area contributed by atoms with E-state index in [0.29, 0.717) is 51.3 Å². The zero-order valence-electron chi connectivity index (χ0n) is 30.0. The molecule has 5 fully saturated rings. The number of alkyl halides is 1. The first-order valence-electron chi connectivity index (χ1n) is 16.6. The molecule has 0 aromatic rings. The standard InChI is InChI=1S/C12H20N2O4.C9H18N2O2.C7H12N2O2.C3H4Cl2O2.ClH/c1-12(2,3)18-10(15)13-5-4-9(8-13)14-6-7-17-11(14)16;1-9(2,3)13-8(12)11-5-4-7(10)6-11;10-7-9(3-4-11-7)6-1-2-8-5-6;4-1-2-7-3(5)6;/h9H,4-8H2,1-3H3;7H,4-6,10H2,1-3H3;6,8H,1-5H2;1-2H2;1H/t9-;7-;6-;;/m000../s1. The third kappa shape index (κ3) is 17.0. The molecule has 0 bridgehead atoms. The van der Waals surface area contributed by atoms with Crippen LogP contribution in [0, 0.1) is 0 Å². The van der Waals surface area contributed by atoms with Crippen molar-refractivity contribution in [3.05, 3.63) is 0 Å². The molecule has 0 saturated carbocycles. The van der Waals surface area contributed by atoms with Crippen molar-refractivity contribution in [3.8, 4) is 0 Å². The molecule has 19 heteroatoms. The van der Waals surface area contributed by atoms with E-state index in [1.807, 2.05) is 46.4 Å². The molecule has 5 rings (SSSR count). The normalized spacial score (nSPS) is 22.9. The Bertz CT molecular complexity index is 1100. The van der Waals surface area contributed by atoms with Gasteiger partial charge in [-0.2, -0.15) is 0 Å². The van der Waals surface area contributed by atoms with Crippen LogP contribution in [0.15, 0.2) is 0 Å². The molecule has 0 aromatic carbocycles. The Balaban J connectivity index is 0.000000348. The van der Waals surface area contributed by atoms with Crippen molar-refractivity contribution in [3.63, 3.8) is 0 Å². The molecule has 0 aliphatic carbocycles. The highest BCUT2D eigenvalue weighted by atomic mass is 35.5. The topological polar surface area (TPSA) is 183 Å². The first-order valence-corrected chi connectivity index (χ1v) is 17.5.